The molecule has 0 spiro atoms. The first kappa shape index (κ1) is 13.2. The van der Waals surface area contributed by atoms with Crippen molar-refractivity contribution in [3.8, 4) is 0 Å². The molecule has 5 nitrogen and oxygen atoms in total. The van der Waals surface area contributed by atoms with Crippen LogP contribution in [0.5, 0.6) is 0 Å². The fourth-order valence-corrected chi connectivity index (χ4v) is 1.37. The van der Waals surface area contributed by atoms with Crippen LogP contribution < -0.4 is 4.90 Å². The maximum absolute atomic E-state index is 12.0. The Kier molecular flexibility index (Phi) is 4.23. The topological polar surface area (TPSA) is 49.9 Å². The largest absolute Gasteiger partial charge is 0.315 e. The molecule has 0 saturated carbocycles. The molecular weight excluding hydrogens is 220 g/mol. The van der Waals surface area contributed by atoms with E-state index in [0.29, 0.717) is 11.3 Å². The third-order valence-electron chi connectivity index (χ3n) is 2.53. The van der Waals surface area contributed by atoms with Gasteiger partial charge in [-0.05, 0) is 12.1 Å². The van der Waals surface area contributed by atoms with Crippen molar-refractivity contribution in [2.45, 2.75) is 6.92 Å². The van der Waals surface area contributed by atoms with Gasteiger partial charge in [-0.25, -0.2) is 5.06 Å². The minimum Gasteiger partial charge on any atom is -0.315 e. The summed E-state index contributed by atoms with van der Waals surface area (Å²) in [6, 6.07) is 6.90. The van der Waals surface area contributed by atoms with E-state index in [4.69, 9.17) is 4.84 Å². The van der Waals surface area contributed by atoms with E-state index in [0.717, 1.165) is 5.06 Å². The first-order chi connectivity index (χ1) is 7.99. The molecule has 0 atom stereocenters. The summed E-state index contributed by atoms with van der Waals surface area (Å²) in [5.41, 5.74) is 0.989. The van der Waals surface area contributed by atoms with Gasteiger partial charge in [0.25, 0.3) is 5.91 Å². The molecule has 0 heterocycles. The Morgan fingerprint density at radius 1 is 1.18 bits per heavy atom. The van der Waals surface area contributed by atoms with Crippen molar-refractivity contribution in [1.29, 1.82) is 0 Å². The maximum Gasteiger partial charge on any atom is 0.279 e. The van der Waals surface area contributed by atoms with E-state index in [-0.39, 0.29) is 11.8 Å². The van der Waals surface area contributed by atoms with Crippen molar-refractivity contribution in [3.63, 3.8) is 0 Å². The lowest BCUT2D eigenvalue weighted by Gasteiger charge is -2.21. The number of rotatable bonds is 3. The molecule has 2 amide bonds. The summed E-state index contributed by atoms with van der Waals surface area (Å²) >= 11 is 0. The van der Waals surface area contributed by atoms with Gasteiger partial charge < -0.3 is 4.90 Å². The fraction of sp³-hybridized carbons (Fsp3) is 0.333. The molecular formula is C12H16N2O3. The van der Waals surface area contributed by atoms with Crippen molar-refractivity contribution in [2.75, 3.05) is 26.1 Å². The summed E-state index contributed by atoms with van der Waals surface area (Å²) in [7, 11) is 4.56. The van der Waals surface area contributed by atoms with Gasteiger partial charge in [-0.15, -0.1) is 0 Å². The highest BCUT2D eigenvalue weighted by molar-refractivity contribution is 6.03. The molecule has 0 unspecified atom stereocenters. The first-order valence-electron chi connectivity index (χ1n) is 5.14. The summed E-state index contributed by atoms with van der Waals surface area (Å²) in [5.74, 6) is -0.429. The molecule has 1 aromatic rings. The van der Waals surface area contributed by atoms with Crippen LogP contribution >= 0.6 is 0 Å². The van der Waals surface area contributed by atoms with Gasteiger partial charge in [0.2, 0.25) is 5.91 Å². The van der Waals surface area contributed by atoms with Gasteiger partial charge in [-0.2, -0.15) is 0 Å². The van der Waals surface area contributed by atoms with Gasteiger partial charge in [-0.3, -0.25) is 14.4 Å². The van der Waals surface area contributed by atoms with E-state index in [1.165, 1.54) is 26.0 Å². The zero-order valence-electron chi connectivity index (χ0n) is 10.4. The van der Waals surface area contributed by atoms with Gasteiger partial charge in [0.15, 0.2) is 0 Å². The summed E-state index contributed by atoms with van der Waals surface area (Å²) < 4.78 is 0. The summed E-state index contributed by atoms with van der Waals surface area (Å²) in [6.07, 6.45) is 0. The SMILES string of the molecule is CON(C)C(=O)c1ccccc1N(C)C(C)=O. The Morgan fingerprint density at radius 3 is 2.29 bits per heavy atom. The average Bonchev–Trinajstić information content (AvgIpc) is 2.35. The standard InChI is InChI=1S/C12H16N2O3/c1-9(15)13(2)11-8-6-5-7-10(11)12(16)14(3)17-4/h5-8H,1-4H3. The molecule has 0 fully saturated rings. The number of carbonyl (C=O) groups excluding carboxylic acids is 2. The third-order valence-corrected chi connectivity index (χ3v) is 2.53. The number of nitrogens with zero attached hydrogens (tertiary/aromatic N) is 2. The number of hydroxylamine groups is 2. The van der Waals surface area contributed by atoms with E-state index < -0.39 is 0 Å². The number of benzene rings is 1. The van der Waals surface area contributed by atoms with Gasteiger partial charge in [-0.1, -0.05) is 12.1 Å². The molecule has 0 N–H and O–H groups in total. The highest BCUT2D eigenvalue weighted by Crippen LogP contribution is 2.20. The molecule has 0 aliphatic heterocycles. The monoisotopic (exact) mass is 236 g/mol. The summed E-state index contributed by atoms with van der Waals surface area (Å²) in [6.45, 7) is 1.45. The highest BCUT2D eigenvalue weighted by Gasteiger charge is 2.18. The van der Waals surface area contributed by atoms with Crippen LogP contribution in [0.4, 0.5) is 5.69 Å². The average molecular weight is 236 g/mol. The van der Waals surface area contributed by atoms with Crippen molar-refractivity contribution < 1.29 is 14.4 Å². The molecule has 92 valence electrons. The van der Waals surface area contributed by atoms with Crippen LogP contribution in [0.1, 0.15) is 17.3 Å². The molecule has 0 aliphatic rings. The van der Waals surface area contributed by atoms with E-state index in [1.807, 2.05) is 0 Å². The quantitative estimate of drug-likeness (QED) is 0.743. The number of carbonyl (C=O) groups is 2. The number of para-hydroxylation sites is 1. The third kappa shape index (κ3) is 2.82. The molecule has 0 aliphatic carbocycles. The summed E-state index contributed by atoms with van der Waals surface area (Å²) in [4.78, 5) is 29.6. The van der Waals surface area contributed by atoms with Crippen LogP contribution in [0.3, 0.4) is 0 Å². The zero-order valence-corrected chi connectivity index (χ0v) is 10.4. The highest BCUT2D eigenvalue weighted by atomic mass is 16.7. The minimum atomic E-state index is -0.295. The molecule has 0 bridgehead atoms. The first-order valence-corrected chi connectivity index (χ1v) is 5.14. The predicted octanol–water partition coefficient (Wildman–Crippen LogP) is 1.30. The fourth-order valence-electron chi connectivity index (χ4n) is 1.37. The number of amides is 2. The Bertz CT molecular complexity index is 432. The molecule has 1 aromatic carbocycles. The Balaban J connectivity index is 3.16. The van der Waals surface area contributed by atoms with Crippen LogP contribution in [0.25, 0.3) is 0 Å². The Morgan fingerprint density at radius 2 is 1.76 bits per heavy atom. The maximum atomic E-state index is 12.0. The smallest absolute Gasteiger partial charge is 0.279 e. The molecule has 1 rings (SSSR count). The second kappa shape index (κ2) is 5.45. The van der Waals surface area contributed by atoms with Crippen LogP contribution in [-0.4, -0.2) is 38.1 Å². The van der Waals surface area contributed by atoms with E-state index in [1.54, 1.807) is 31.3 Å². The van der Waals surface area contributed by atoms with Crippen LogP contribution in [-0.2, 0) is 9.63 Å². The van der Waals surface area contributed by atoms with Crippen LogP contribution in [0.15, 0.2) is 24.3 Å². The van der Waals surface area contributed by atoms with Crippen molar-refractivity contribution in [3.05, 3.63) is 29.8 Å². The lowest BCUT2D eigenvalue weighted by atomic mass is 10.1. The van der Waals surface area contributed by atoms with Crippen LogP contribution in [0, 0.1) is 0 Å². The van der Waals surface area contributed by atoms with E-state index in [2.05, 4.69) is 0 Å². The van der Waals surface area contributed by atoms with E-state index >= 15 is 0 Å². The Labute approximate surface area is 101 Å². The van der Waals surface area contributed by atoms with Crippen LogP contribution in [0.2, 0.25) is 0 Å². The molecule has 0 radical (unpaired) electrons. The normalized spacial score (nSPS) is 9.88. The summed E-state index contributed by atoms with van der Waals surface area (Å²) in [5, 5.41) is 1.12. The lowest BCUT2D eigenvalue weighted by Crippen LogP contribution is -2.30. The van der Waals surface area contributed by atoms with Gasteiger partial charge in [0.1, 0.15) is 0 Å². The Hall–Kier alpha value is -1.88. The van der Waals surface area contributed by atoms with Gasteiger partial charge >= 0.3 is 0 Å². The number of hydrogen-bond acceptors (Lipinski definition) is 3. The van der Waals surface area contributed by atoms with E-state index in [9.17, 15) is 9.59 Å². The second-order valence-electron chi connectivity index (χ2n) is 3.58. The minimum absolute atomic E-state index is 0.134. The molecule has 0 saturated heterocycles. The van der Waals surface area contributed by atoms with Crippen molar-refractivity contribution in [2.24, 2.45) is 0 Å². The van der Waals surface area contributed by atoms with Crippen molar-refractivity contribution in [1.82, 2.24) is 5.06 Å². The number of hydrogen-bond donors (Lipinski definition) is 0. The zero-order chi connectivity index (χ0) is 13.0. The predicted molar refractivity (Wildman–Crippen MR) is 64.6 cm³/mol. The second-order valence-corrected chi connectivity index (χ2v) is 3.58. The number of anilines is 1. The molecule has 17 heavy (non-hydrogen) atoms. The molecule has 5 heteroatoms. The lowest BCUT2D eigenvalue weighted by molar-refractivity contribution is -0.116. The van der Waals surface area contributed by atoms with Crippen molar-refractivity contribution >= 4 is 17.5 Å². The molecule has 0 aromatic heterocycles. The van der Waals surface area contributed by atoms with Gasteiger partial charge in [0, 0.05) is 21.0 Å². The van der Waals surface area contributed by atoms with Gasteiger partial charge in [0.05, 0.1) is 18.4 Å².